The maximum Gasteiger partial charge on any atom is 0.226 e. The highest BCUT2D eigenvalue weighted by Crippen LogP contribution is 2.37. The Morgan fingerprint density at radius 2 is 1.68 bits per heavy atom. The van der Waals surface area contributed by atoms with E-state index >= 15 is 0 Å². The Balaban J connectivity index is 2.86. The van der Waals surface area contributed by atoms with Crippen molar-refractivity contribution in [2.45, 2.75) is 84.5 Å². The van der Waals surface area contributed by atoms with Crippen LogP contribution in [0.2, 0.25) is 0 Å². The van der Waals surface area contributed by atoms with Crippen LogP contribution in [0, 0.1) is 11.8 Å². The minimum atomic E-state index is -0.797. The number of carbonyl (C=O) groups excluding carboxylic acids is 2. The fourth-order valence-corrected chi connectivity index (χ4v) is 2.76. The first-order valence-corrected chi connectivity index (χ1v) is 8.43. The van der Waals surface area contributed by atoms with Crippen LogP contribution in [0.25, 0.3) is 0 Å². The predicted octanol–water partition coefficient (Wildman–Crippen LogP) is 3.56. The van der Waals surface area contributed by atoms with Gasteiger partial charge in [-0.2, -0.15) is 0 Å². The Morgan fingerprint density at radius 1 is 1.14 bits per heavy atom. The van der Waals surface area contributed by atoms with Crippen LogP contribution in [0.5, 0.6) is 0 Å². The summed E-state index contributed by atoms with van der Waals surface area (Å²) < 4.78 is 12.2. The van der Waals surface area contributed by atoms with Crippen molar-refractivity contribution in [3.63, 3.8) is 0 Å². The van der Waals surface area contributed by atoms with Gasteiger partial charge in [-0.1, -0.05) is 27.7 Å². The third-order valence-corrected chi connectivity index (χ3v) is 4.51. The molecule has 128 valence electrons. The standard InChI is InChI=1S/C18H32O4/c1-13(2)7-9-17(5)12-21-18(6,10-8-14(3)4)16(22-17)15(20)11-19/h11,13-14,16H,7-10,12H2,1-6H3. The molecule has 3 atom stereocenters. The van der Waals surface area contributed by atoms with E-state index in [9.17, 15) is 9.59 Å². The molecule has 0 bridgehead atoms. The van der Waals surface area contributed by atoms with Gasteiger partial charge in [0.2, 0.25) is 5.78 Å². The Kier molecular flexibility index (Phi) is 6.75. The second-order valence-corrected chi connectivity index (χ2v) is 7.93. The highest BCUT2D eigenvalue weighted by molar-refractivity contribution is 6.27. The molecule has 4 heteroatoms. The molecule has 1 heterocycles. The first kappa shape index (κ1) is 19.3. The second-order valence-electron chi connectivity index (χ2n) is 7.93. The number of ketones is 1. The van der Waals surface area contributed by atoms with Crippen molar-refractivity contribution in [2.24, 2.45) is 11.8 Å². The number of hydrogen-bond acceptors (Lipinski definition) is 4. The number of Topliss-reactive ketones (excluding diaryl/α,β-unsaturated/α-hetero) is 1. The monoisotopic (exact) mass is 312 g/mol. The largest absolute Gasteiger partial charge is 0.369 e. The molecular formula is C18H32O4. The molecule has 0 amide bonds. The first-order valence-electron chi connectivity index (χ1n) is 8.43. The Morgan fingerprint density at radius 3 is 2.18 bits per heavy atom. The van der Waals surface area contributed by atoms with Crippen LogP contribution in [0.1, 0.15) is 67.2 Å². The van der Waals surface area contributed by atoms with E-state index in [-0.39, 0.29) is 0 Å². The highest BCUT2D eigenvalue weighted by Gasteiger charge is 2.49. The SMILES string of the molecule is CC(C)CCC1(C)COC(C)(CCC(C)C)C(C(=O)C=O)O1. The minimum absolute atomic E-state index is 0.371. The molecule has 1 aliphatic rings. The molecule has 0 aromatic carbocycles. The summed E-state index contributed by atoms with van der Waals surface area (Å²) >= 11 is 0. The van der Waals surface area contributed by atoms with E-state index < -0.39 is 23.1 Å². The Hall–Kier alpha value is -0.740. The van der Waals surface area contributed by atoms with Crippen molar-refractivity contribution in [1.82, 2.24) is 0 Å². The van der Waals surface area contributed by atoms with E-state index in [0.717, 1.165) is 25.7 Å². The van der Waals surface area contributed by atoms with Gasteiger partial charge < -0.3 is 9.47 Å². The summed E-state index contributed by atoms with van der Waals surface area (Å²) in [6.07, 6.45) is 3.06. The lowest BCUT2D eigenvalue weighted by atomic mass is 9.84. The van der Waals surface area contributed by atoms with Gasteiger partial charge in [-0.05, 0) is 51.4 Å². The molecule has 4 nitrogen and oxygen atoms in total. The Labute approximate surface area is 134 Å². The molecule has 0 radical (unpaired) electrons. The van der Waals surface area contributed by atoms with Crippen LogP contribution in [0.4, 0.5) is 0 Å². The zero-order chi connectivity index (χ0) is 17.0. The van der Waals surface area contributed by atoms with E-state index in [1.807, 2.05) is 13.8 Å². The summed E-state index contributed by atoms with van der Waals surface area (Å²) in [5, 5.41) is 0. The molecule has 1 aliphatic heterocycles. The van der Waals surface area contributed by atoms with Crippen LogP contribution in [-0.2, 0) is 19.1 Å². The van der Waals surface area contributed by atoms with Gasteiger partial charge in [0, 0.05) is 0 Å². The molecule has 1 rings (SSSR count). The maximum atomic E-state index is 12.1. The molecule has 22 heavy (non-hydrogen) atoms. The summed E-state index contributed by atoms with van der Waals surface area (Å²) in [5.41, 5.74) is -1.20. The molecule has 1 fully saturated rings. The van der Waals surface area contributed by atoms with E-state index in [0.29, 0.717) is 24.7 Å². The van der Waals surface area contributed by atoms with Crippen molar-refractivity contribution >= 4 is 12.1 Å². The van der Waals surface area contributed by atoms with Crippen LogP contribution >= 0.6 is 0 Å². The van der Waals surface area contributed by atoms with Gasteiger partial charge in [-0.3, -0.25) is 9.59 Å². The second kappa shape index (κ2) is 7.69. The third-order valence-electron chi connectivity index (χ3n) is 4.51. The molecule has 1 saturated heterocycles. The van der Waals surface area contributed by atoms with Crippen molar-refractivity contribution in [2.75, 3.05) is 6.61 Å². The van der Waals surface area contributed by atoms with Gasteiger partial charge >= 0.3 is 0 Å². The summed E-state index contributed by atoms with van der Waals surface area (Å²) in [7, 11) is 0. The van der Waals surface area contributed by atoms with Gasteiger partial charge in [0.1, 0.15) is 0 Å². The minimum Gasteiger partial charge on any atom is -0.369 e. The summed E-state index contributed by atoms with van der Waals surface area (Å²) in [4.78, 5) is 23.1. The molecule has 3 unspecified atom stereocenters. The fraction of sp³-hybridized carbons (Fsp3) is 0.889. The van der Waals surface area contributed by atoms with Gasteiger partial charge in [0.15, 0.2) is 12.4 Å². The van der Waals surface area contributed by atoms with Crippen LogP contribution < -0.4 is 0 Å². The number of carbonyl (C=O) groups is 2. The number of hydrogen-bond donors (Lipinski definition) is 0. The van der Waals surface area contributed by atoms with Gasteiger partial charge in [-0.25, -0.2) is 0 Å². The first-order chi connectivity index (χ1) is 10.1. The van der Waals surface area contributed by atoms with Gasteiger partial charge in [-0.15, -0.1) is 0 Å². The van der Waals surface area contributed by atoms with Crippen molar-refractivity contribution < 1.29 is 19.1 Å². The third kappa shape index (κ3) is 5.17. The summed E-state index contributed by atoms with van der Waals surface area (Å²) in [6.45, 7) is 12.9. The quantitative estimate of drug-likeness (QED) is 0.508. The fourth-order valence-electron chi connectivity index (χ4n) is 2.76. The zero-order valence-corrected chi connectivity index (χ0v) is 15.0. The smallest absolute Gasteiger partial charge is 0.226 e. The molecule has 0 aromatic rings. The Bertz CT molecular complexity index is 391. The van der Waals surface area contributed by atoms with Crippen LogP contribution in [0.3, 0.4) is 0 Å². The van der Waals surface area contributed by atoms with Gasteiger partial charge in [0.25, 0.3) is 0 Å². The lowest BCUT2D eigenvalue weighted by Crippen LogP contribution is -2.60. The molecule has 0 aliphatic carbocycles. The number of aldehydes is 1. The van der Waals surface area contributed by atoms with Crippen LogP contribution in [0.15, 0.2) is 0 Å². The highest BCUT2D eigenvalue weighted by atomic mass is 16.6. The number of rotatable bonds is 8. The molecule has 0 N–H and O–H groups in total. The topological polar surface area (TPSA) is 52.6 Å². The van der Waals surface area contributed by atoms with Crippen molar-refractivity contribution in [1.29, 1.82) is 0 Å². The van der Waals surface area contributed by atoms with Crippen LogP contribution in [-0.4, -0.2) is 36.0 Å². The average molecular weight is 312 g/mol. The van der Waals surface area contributed by atoms with Crippen molar-refractivity contribution in [3.05, 3.63) is 0 Å². The van der Waals surface area contributed by atoms with E-state index in [1.54, 1.807) is 0 Å². The molecule has 0 aromatic heterocycles. The lowest BCUT2D eigenvalue weighted by Gasteiger charge is -2.48. The van der Waals surface area contributed by atoms with Crippen molar-refractivity contribution in [3.8, 4) is 0 Å². The molecule has 0 saturated carbocycles. The lowest BCUT2D eigenvalue weighted by molar-refractivity contribution is -0.261. The average Bonchev–Trinajstić information content (AvgIpc) is 2.45. The molecule has 0 spiro atoms. The van der Waals surface area contributed by atoms with E-state index in [1.165, 1.54) is 0 Å². The number of ether oxygens (including phenoxy) is 2. The van der Waals surface area contributed by atoms with E-state index in [4.69, 9.17) is 9.47 Å². The maximum absolute atomic E-state index is 12.1. The summed E-state index contributed by atoms with van der Waals surface area (Å²) in [6, 6.07) is 0. The normalized spacial score (nSPS) is 32.5. The zero-order valence-electron chi connectivity index (χ0n) is 15.0. The summed E-state index contributed by atoms with van der Waals surface area (Å²) in [5.74, 6) is 0.568. The van der Waals surface area contributed by atoms with E-state index in [2.05, 4.69) is 27.7 Å². The molecular weight excluding hydrogens is 280 g/mol. The predicted molar refractivity (Wildman–Crippen MR) is 86.9 cm³/mol. The van der Waals surface area contributed by atoms with Gasteiger partial charge in [0.05, 0.1) is 17.8 Å².